The molecular formula is C15H13F2N3O4. The van der Waals surface area contributed by atoms with Crippen LogP contribution in [0, 0.1) is 21.7 Å². The Bertz CT molecular complexity index is 851. The molecule has 1 atom stereocenters. The number of benzene rings is 1. The van der Waals surface area contributed by atoms with Gasteiger partial charge in [0, 0.05) is 23.8 Å². The highest BCUT2D eigenvalue weighted by Crippen LogP contribution is 2.17. The minimum atomic E-state index is -0.810. The Hall–Kier alpha value is -3.10. The Balaban J connectivity index is 2.12. The van der Waals surface area contributed by atoms with Gasteiger partial charge >= 0.3 is 0 Å². The van der Waals surface area contributed by atoms with E-state index in [1.165, 1.54) is 13.0 Å². The molecule has 1 unspecified atom stereocenters. The first kappa shape index (κ1) is 17.3. The Morgan fingerprint density at radius 2 is 2.04 bits per heavy atom. The number of pyridine rings is 1. The zero-order chi connectivity index (χ0) is 17.9. The van der Waals surface area contributed by atoms with Crippen molar-refractivity contribution in [3.63, 3.8) is 0 Å². The van der Waals surface area contributed by atoms with Gasteiger partial charge in [-0.05, 0) is 13.0 Å². The molecule has 24 heavy (non-hydrogen) atoms. The number of hydrogen-bond donors (Lipinski definition) is 1. The van der Waals surface area contributed by atoms with Crippen molar-refractivity contribution >= 4 is 11.6 Å². The van der Waals surface area contributed by atoms with Crippen LogP contribution in [0.2, 0.25) is 0 Å². The van der Waals surface area contributed by atoms with Gasteiger partial charge in [-0.1, -0.05) is 6.07 Å². The number of nitrogens with one attached hydrogen (secondary N) is 1. The SMILES string of the molecule is CC(NC(=O)Cn1cc([N+](=O)[O-])ccc1=O)c1ccc(F)cc1F. The summed E-state index contributed by atoms with van der Waals surface area (Å²) >= 11 is 0. The maximum absolute atomic E-state index is 13.7. The van der Waals surface area contributed by atoms with E-state index in [1.807, 2.05) is 0 Å². The van der Waals surface area contributed by atoms with Crippen molar-refractivity contribution in [3.8, 4) is 0 Å². The maximum Gasteiger partial charge on any atom is 0.285 e. The number of aromatic nitrogens is 1. The van der Waals surface area contributed by atoms with Crippen molar-refractivity contribution in [2.75, 3.05) is 0 Å². The predicted molar refractivity (Wildman–Crippen MR) is 80.3 cm³/mol. The van der Waals surface area contributed by atoms with Crippen LogP contribution in [-0.4, -0.2) is 15.4 Å². The number of nitrogens with zero attached hydrogens (tertiary/aromatic N) is 2. The fourth-order valence-corrected chi connectivity index (χ4v) is 2.12. The lowest BCUT2D eigenvalue weighted by molar-refractivity contribution is -0.385. The molecular weight excluding hydrogens is 324 g/mol. The van der Waals surface area contributed by atoms with Gasteiger partial charge in [0.05, 0.1) is 17.2 Å². The van der Waals surface area contributed by atoms with Crippen molar-refractivity contribution < 1.29 is 18.5 Å². The summed E-state index contributed by atoms with van der Waals surface area (Å²) in [7, 11) is 0. The Morgan fingerprint density at radius 1 is 1.33 bits per heavy atom. The van der Waals surface area contributed by atoms with Crippen molar-refractivity contribution in [1.82, 2.24) is 9.88 Å². The van der Waals surface area contributed by atoms with Crippen LogP contribution in [0.1, 0.15) is 18.5 Å². The van der Waals surface area contributed by atoms with E-state index in [4.69, 9.17) is 0 Å². The van der Waals surface area contributed by atoms with Crippen LogP contribution in [-0.2, 0) is 11.3 Å². The summed E-state index contributed by atoms with van der Waals surface area (Å²) in [6, 6.07) is 4.21. The van der Waals surface area contributed by atoms with E-state index in [1.54, 1.807) is 0 Å². The fraction of sp³-hybridized carbons (Fsp3) is 0.200. The lowest BCUT2D eigenvalue weighted by Gasteiger charge is -2.15. The van der Waals surface area contributed by atoms with Gasteiger partial charge in [0.1, 0.15) is 18.2 Å². The Labute approximate surface area is 134 Å². The van der Waals surface area contributed by atoms with Crippen molar-refractivity contribution in [2.24, 2.45) is 0 Å². The summed E-state index contributed by atoms with van der Waals surface area (Å²) in [6.45, 7) is 1.03. The molecule has 0 radical (unpaired) electrons. The molecule has 0 aliphatic carbocycles. The molecule has 0 bridgehead atoms. The van der Waals surface area contributed by atoms with Gasteiger partial charge in [0.2, 0.25) is 5.91 Å². The summed E-state index contributed by atoms with van der Waals surface area (Å²) in [6.07, 6.45) is 0.949. The normalized spacial score (nSPS) is 11.8. The van der Waals surface area contributed by atoms with E-state index in [9.17, 15) is 28.5 Å². The zero-order valence-electron chi connectivity index (χ0n) is 12.5. The predicted octanol–water partition coefficient (Wildman–Crippen LogP) is 1.91. The monoisotopic (exact) mass is 337 g/mol. The Morgan fingerprint density at radius 3 is 2.67 bits per heavy atom. The molecule has 0 saturated carbocycles. The molecule has 7 nitrogen and oxygen atoms in total. The van der Waals surface area contributed by atoms with Crippen LogP contribution < -0.4 is 10.9 Å². The molecule has 9 heteroatoms. The number of nitro groups is 1. The minimum Gasteiger partial charge on any atom is -0.348 e. The summed E-state index contributed by atoms with van der Waals surface area (Å²) < 4.78 is 27.4. The third-order valence-electron chi connectivity index (χ3n) is 3.30. The molecule has 0 spiro atoms. The fourth-order valence-electron chi connectivity index (χ4n) is 2.12. The topological polar surface area (TPSA) is 94.2 Å². The van der Waals surface area contributed by atoms with E-state index in [2.05, 4.69) is 5.32 Å². The molecule has 0 aliphatic heterocycles. The average molecular weight is 337 g/mol. The van der Waals surface area contributed by atoms with Gasteiger partial charge < -0.3 is 5.32 Å². The van der Waals surface area contributed by atoms with E-state index >= 15 is 0 Å². The number of carbonyl (C=O) groups is 1. The minimum absolute atomic E-state index is 0.0798. The van der Waals surface area contributed by atoms with Crippen LogP contribution in [0.5, 0.6) is 0 Å². The lowest BCUT2D eigenvalue weighted by atomic mass is 10.1. The summed E-state index contributed by atoms with van der Waals surface area (Å²) in [5.41, 5.74) is -0.840. The summed E-state index contributed by atoms with van der Waals surface area (Å²) in [5, 5.41) is 13.1. The van der Waals surface area contributed by atoms with Gasteiger partial charge in [0.15, 0.2) is 0 Å². The second kappa shape index (κ2) is 6.99. The summed E-state index contributed by atoms with van der Waals surface area (Å²) in [5.74, 6) is -2.19. The highest BCUT2D eigenvalue weighted by Gasteiger charge is 2.16. The first-order valence-corrected chi connectivity index (χ1v) is 6.87. The second-order valence-electron chi connectivity index (χ2n) is 5.07. The van der Waals surface area contributed by atoms with Crippen molar-refractivity contribution in [1.29, 1.82) is 0 Å². The van der Waals surface area contributed by atoms with Gasteiger partial charge in [-0.3, -0.25) is 24.3 Å². The van der Waals surface area contributed by atoms with E-state index < -0.39 is 40.6 Å². The molecule has 2 rings (SSSR count). The largest absolute Gasteiger partial charge is 0.348 e. The molecule has 1 aromatic carbocycles. The van der Waals surface area contributed by atoms with Crippen LogP contribution in [0.25, 0.3) is 0 Å². The Kier molecular flexibility index (Phi) is 5.02. The highest BCUT2D eigenvalue weighted by atomic mass is 19.1. The molecule has 126 valence electrons. The number of halogens is 2. The van der Waals surface area contributed by atoms with E-state index in [0.29, 0.717) is 6.07 Å². The summed E-state index contributed by atoms with van der Waals surface area (Å²) in [4.78, 5) is 33.6. The van der Waals surface area contributed by atoms with Gasteiger partial charge in [0.25, 0.3) is 11.2 Å². The quantitative estimate of drug-likeness (QED) is 0.666. The second-order valence-corrected chi connectivity index (χ2v) is 5.07. The molecule has 1 heterocycles. The van der Waals surface area contributed by atoms with Crippen LogP contribution >= 0.6 is 0 Å². The molecule has 0 fully saturated rings. The van der Waals surface area contributed by atoms with Gasteiger partial charge in [-0.15, -0.1) is 0 Å². The number of carbonyl (C=O) groups excluding carboxylic acids is 1. The number of hydrogen-bond acceptors (Lipinski definition) is 4. The van der Waals surface area contributed by atoms with Crippen molar-refractivity contribution in [3.05, 3.63) is 74.2 Å². The van der Waals surface area contributed by atoms with Crippen LogP contribution in [0.15, 0.2) is 41.3 Å². The molecule has 0 saturated heterocycles. The molecule has 0 aliphatic rings. The third-order valence-corrected chi connectivity index (χ3v) is 3.30. The number of rotatable bonds is 5. The van der Waals surface area contributed by atoms with Crippen LogP contribution in [0.3, 0.4) is 0 Å². The first-order chi connectivity index (χ1) is 11.3. The average Bonchev–Trinajstić information content (AvgIpc) is 2.48. The van der Waals surface area contributed by atoms with E-state index in [-0.39, 0.29) is 11.3 Å². The molecule has 1 aromatic heterocycles. The van der Waals surface area contributed by atoms with Crippen molar-refractivity contribution in [2.45, 2.75) is 19.5 Å². The van der Waals surface area contributed by atoms with Gasteiger partial charge in [-0.25, -0.2) is 8.78 Å². The highest BCUT2D eigenvalue weighted by molar-refractivity contribution is 5.76. The molecule has 1 N–H and O–H groups in total. The number of amides is 1. The van der Waals surface area contributed by atoms with Gasteiger partial charge in [-0.2, -0.15) is 0 Å². The maximum atomic E-state index is 13.7. The molecule has 1 amide bonds. The first-order valence-electron chi connectivity index (χ1n) is 6.87. The third kappa shape index (κ3) is 4.00. The van der Waals surface area contributed by atoms with E-state index in [0.717, 1.165) is 29.0 Å². The van der Waals surface area contributed by atoms with Crippen LogP contribution in [0.4, 0.5) is 14.5 Å². The zero-order valence-corrected chi connectivity index (χ0v) is 12.5. The smallest absolute Gasteiger partial charge is 0.285 e. The standard InChI is InChI=1S/C15H13F2N3O4/c1-9(12-4-2-10(16)6-13(12)17)18-14(21)8-19-7-11(20(23)24)3-5-15(19)22/h2-7,9H,8H2,1H3,(H,18,21). The molecule has 2 aromatic rings. The lowest BCUT2D eigenvalue weighted by Crippen LogP contribution is -2.33.